The molecule has 1 aliphatic heterocycles. The molecule has 1 atom stereocenters. The fourth-order valence-corrected chi connectivity index (χ4v) is 3.05. The molecule has 0 spiro atoms. The number of benzene rings is 1. The highest BCUT2D eigenvalue weighted by atomic mass is 35.5. The maximum atomic E-state index is 12.2. The van der Waals surface area contributed by atoms with E-state index in [1.54, 1.807) is 12.1 Å². The first kappa shape index (κ1) is 20.7. The van der Waals surface area contributed by atoms with E-state index in [1.807, 2.05) is 13.0 Å². The molecule has 0 bridgehead atoms. The SMILES string of the molecule is CCOCCN1CC(C(=O)NCCCc2ccc(Cl)c(Cl)c2)C(=O)C1=O. The Kier molecular flexibility index (Phi) is 7.87. The van der Waals surface area contributed by atoms with Gasteiger partial charge in [0, 0.05) is 26.2 Å². The van der Waals surface area contributed by atoms with Crippen molar-refractivity contribution in [1.29, 1.82) is 0 Å². The highest BCUT2D eigenvalue weighted by Crippen LogP contribution is 2.23. The van der Waals surface area contributed by atoms with Crippen LogP contribution in [0.3, 0.4) is 0 Å². The molecule has 0 aliphatic carbocycles. The second-order valence-electron chi connectivity index (χ2n) is 6.01. The Labute approximate surface area is 162 Å². The summed E-state index contributed by atoms with van der Waals surface area (Å²) in [5.41, 5.74) is 1.02. The molecule has 0 saturated carbocycles. The van der Waals surface area contributed by atoms with E-state index in [1.165, 1.54) is 4.90 Å². The summed E-state index contributed by atoms with van der Waals surface area (Å²) in [6.07, 6.45) is 1.40. The van der Waals surface area contributed by atoms with Crippen molar-refractivity contribution < 1.29 is 19.1 Å². The van der Waals surface area contributed by atoms with Crippen LogP contribution in [0, 0.1) is 5.92 Å². The van der Waals surface area contributed by atoms with E-state index in [-0.39, 0.29) is 6.54 Å². The molecule has 26 heavy (non-hydrogen) atoms. The van der Waals surface area contributed by atoms with Crippen LogP contribution in [0.1, 0.15) is 18.9 Å². The first-order valence-corrected chi connectivity index (χ1v) is 9.32. The molecule has 0 radical (unpaired) electrons. The first-order chi connectivity index (χ1) is 12.4. The van der Waals surface area contributed by atoms with Crippen molar-refractivity contribution in [2.24, 2.45) is 5.92 Å². The Morgan fingerprint density at radius 3 is 2.77 bits per heavy atom. The van der Waals surface area contributed by atoms with E-state index < -0.39 is 23.5 Å². The predicted molar refractivity (Wildman–Crippen MR) is 99.4 cm³/mol. The summed E-state index contributed by atoms with van der Waals surface area (Å²) in [6, 6.07) is 5.41. The third-order valence-corrected chi connectivity index (χ3v) is 4.91. The van der Waals surface area contributed by atoms with E-state index in [2.05, 4.69) is 5.32 Å². The number of likely N-dealkylation sites (tertiary alicyclic amines) is 1. The summed E-state index contributed by atoms with van der Waals surface area (Å²) in [7, 11) is 0. The molecule has 142 valence electrons. The molecule has 2 amide bonds. The van der Waals surface area contributed by atoms with Crippen LogP contribution in [0.4, 0.5) is 0 Å². The van der Waals surface area contributed by atoms with Crippen LogP contribution < -0.4 is 5.32 Å². The van der Waals surface area contributed by atoms with Crippen LogP contribution >= 0.6 is 23.2 Å². The molecule has 8 heteroatoms. The van der Waals surface area contributed by atoms with Crippen molar-refractivity contribution in [3.8, 4) is 0 Å². The van der Waals surface area contributed by atoms with Crippen LogP contribution in [-0.4, -0.2) is 55.3 Å². The summed E-state index contributed by atoms with van der Waals surface area (Å²) < 4.78 is 5.19. The van der Waals surface area contributed by atoms with Gasteiger partial charge >= 0.3 is 0 Å². The van der Waals surface area contributed by atoms with Gasteiger partial charge in [-0.1, -0.05) is 29.3 Å². The third-order valence-electron chi connectivity index (χ3n) is 4.17. The number of nitrogens with zero attached hydrogens (tertiary/aromatic N) is 1. The van der Waals surface area contributed by atoms with Crippen molar-refractivity contribution in [1.82, 2.24) is 10.2 Å². The number of Topliss-reactive ketones (excluding diaryl/α,β-unsaturated/α-hetero) is 1. The lowest BCUT2D eigenvalue weighted by Gasteiger charge is -2.15. The van der Waals surface area contributed by atoms with Gasteiger partial charge in [0.1, 0.15) is 5.92 Å². The van der Waals surface area contributed by atoms with Gasteiger partial charge in [-0.25, -0.2) is 0 Å². The molecule has 1 unspecified atom stereocenters. The van der Waals surface area contributed by atoms with Gasteiger partial charge in [-0.2, -0.15) is 0 Å². The van der Waals surface area contributed by atoms with E-state index in [9.17, 15) is 14.4 Å². The molecule has 6 nitrogen and oxygen atoms in total. The highest BCUT2D eigenvalue weighted by Gasteiger charge is 2.42. The summed E-state index contributed by atoms with van der Waals surface area (Å²) in [5, 5.41) is 3.73. The van der Waals surface area contributed by atoms with Crippen molar-refractivity contribution >= 4 is 40.8 Å². The number of ketones is 1. The summed E-state index contributed by atoms with van der Waals surface area (Å²) >= 11 is 11.8. The number of hydrogen-bond acceptors (Lipinski definition) is 4. The molecule has 1 saturated heterocycles. The highest BCUT2D eigenvalue weighted by molar-refractivity contribution is 6.42. The molecule has 1 heterocycles. The lowest BCUT2D eigenvalue weighted by atomic mass is 10.1. The summed E-state index contributed by atoms with van der Waals surface area (Å²) in [5.74, 6) is -2.60. The summed E-state index contributed by atoms with van der Waals surface area (Å²) in [4.78, 5) is 37.5. The Morgan fingerprint density at radius 1 is 1.31 bits per heavy atom. The van der Waals surface area contributed by atoms with Crippen LogP contribution in [0.2, 0.25) is 10.0 Å². The van der Waals surface area contributed by atoms with E-state index >= 15 is 0 Å². The number of aryl methyl sites for hydroxylation is 1. The average molecular weight is 401 g/mol. The lowest BCUT2D eigenvalue weighted by molar-refractivity contribution is -0.142. The molecule has 1 aliphatic rings. The minimum atomic E-state index is -0.936. The minimum absolute atomic E-state index is 0.114. The summed E-state index contributed by atoms with van der Waals surface area (Å²) in [6.45, 7) is 3.59. The largest absolute Gasteiger partial charge is 0.380 e. The predicted octanol–water partition coefficient (Wildman–Crippen LogP) is 2.11. The zero-order valence-electron chi connectivity index (χ0n) is 14.6. The van der Waals surface area contributed by atoms with Crippen LogP contribution in [0.5, 0.6) is 0 Å². The van der Waals surface area contributed by atoms with Crippen LogP contribution in [0.25, 0.3) is 0 Å². The standard InChI is InChI=1S/C18H22Cl2N2O4/c1-2-26-9-8-22-11-13(16(23)18(22)25)17(24)21-7-3-4-12-5-6-14(19)15(20)10-12/h5-6,10,13H,2-4,7-9,11H2,1H3,(H,21,24). The van der Waals surface area contributed by atoms with Gasteiger partial charge in [0.05, 0.1) is 16.7 Å². The van der Waals surface area contributed by atoms with E-state index in [0.29, 0.717) is 42.8 Å². The van der Waals surface area contributed by atoms with Gasteiger partial charge in [0.2, 0.25) is 11.7 Å². The van der Waals surface area contributed by atoms with E-state index in [4.69, 9.17) is 27.9 Å². The number of nitrogens with one attached hydrogen (secondary N) is 1. The third kappa shape index (κ3) is 5.43. The van der Waals surface area contributed by atoms with Crippen LogP contribution in [-0.2, 0) is 25.5 Å². The second kappa shape index (κ2) is 9.90. The zero-order valence-corrected chi connectivity index (χ0v) is 16.1. The number of ether oxygens (including phenoxy) is 1. The maximum Gasteiger partial charge on any atom is 0.290 e. The number of halogens is 2. The van der Waals surface area contributed by atoms with Gasteiger partial charge in [-0.15, -0.1) is 0 Å². The van der Waals surface area contributed by atoms with Gasteiger partial charge in [-0.05, 0) is 37.5 Å². The fraction of sp³-hybridized carbons (Fsp3) is 0.500. The molecule has 1 aromatic carbocycles. The van der Waals surface area contributed by atoms with Gasteiger partial charge < -0.3 is 15.0 Å². The molecule has 1 aromatic rings. The molecule has 1 fully saturated rings. The monoisotopic (exact) mass is 400 g/mol. The number of rotatable bonds is 9. The van der Waals surface area contributed by atoms with Gasteiger partial charge in [0.15, 0.2) is 0 Å². The normalized spacial score (nSPS) is 17.0. The van der Waals surface area contributed by atoms with Gasteiger partial charge in [0.25, 0.3) is 5.91 Å². The van der Waals surface area contributed by atoms with Gasteiger partial charge in [-0.3, -0.25) is 14.4 Å². The second-order valence-corrected chi connectivity index (χ2v) is 6.82. The van der Waals surface area contributed by atoms with Crippen molar-refractivity contribution in [2.45, 2.75) is 19.8 Å². The average Bonchev–Trinajstić information content (AvgIpc) is 2.90. The number of carbonyl (C=O) groups is 3. The fourth-order valence-electron chi connectivity index (χ4n) is 2.73. The van der Waals surface area contributed by atoms with Crippen molar-refractivity contribution in [3.63, 3.8) is 0 Å². The number of hydrogen-bond donors (Lipinski definition) is 1. The molecular weight excluding hydrogens is 379 g/mol. The zero-order chi connectivity index (χ0) is 19.1. The Bertz CT molecular complexity index is 681. The Hall–Kier alpha value is -1.63. The van der Waals surface area contributed by atoms with Crippen LogP contribution in [0.15, 0.2) is 18.2 Å². The lowest BCUT2D eigenvalue weighted by Crippen LogP contribution is -2.36. The first-order valence-electron chi connectivity index (χ1n) is 8.56. The molecular formula is C18H22Cl2N2O4. The maximum absolute atomic E-state index is 12.2. The van der Waals surface area contributed by atoms with Crippen molar-refractivity contribution in [2.75, 3.05) is 32.8 Å². The number of carbonyl (C=O) groups excluding carboxylic acids is 3. The number of amides is 2. The van der Waals surface area contributed by atoms with E-state index in [0.717, 1.165) is 12.0 Å². The molecule has 0 aromatic heterocycles. The smallest absolute Gasteiger partial charge is 0.290 e. The Balaban J connectivity index is 1.75. The molecule has 2 rings (SSSR count). The minimum Gasteiger partial charge on any atom is -0.380 e. The molecule has 1 N–H and O–H groups in total. The quantitative estimate of drug-likeness (QED) is 0.391. The topological polar surface area (TPSA) is 75.7 Å². The van der Waals surface area contributed by atoms with Crippen molar-refractivity contribution in [3.05, 3.63) is 33.8 Å². The Morgan fingerprint density at radius 2 is 2.08 bits per heavy atom.